The molecule has 0 bridgehead atoms. The maximum atomic E-state index is 11.6. The number of thiocarbonyl (C=S) groups is 1. The Morgan fingerprint density at radius 2 is 2.16 bits per heavy atom. The second-order valence-electron chi connectivity index (χ2n) is 6.98. The zero-order valence-corrected chi connectivity index (χ0v) is 18.5. The van der Waals surface area contributed by atoms with Crippen molar-refractivity contribution < 1.29 is 43.9 Å². The van der Waals surface area contributed by atoms with Crippen molar-refractivity contribution in [2.75, 3.05) is 20.1 Å². The molecule has 1 aliphatic rings. The number of carbonyl (C=O) groups is 2. The van der Waals surface area contributed by atoms with Gasteiger partial charge in [0.2, 0.25) is 6.29 Å². The van der Waals surface area contributed by atoms with E-state index in [0.717, 1.165) is 6.54 Å². The third-order valence-corrected chi connectivity index (χ3v) is 4.71. The Morgan fingerprint density at radius 3 is 2.78 bits per heavy atom. The number of carboxylic acids is 1. The molecule has 1 aromatic rings. The molecule has 0 radical (unpaired) electrons. The normalized spacial score (nSPS) is 20.2. The maximum Gasteiger partial charge on any atom is 0.360 e. The van der Waals surface area contributed by atoms with Gasteiger partial charge in [-0.1, -0.05) is 6.07 Å². The number of hydrogen-bond acceptors (Lipinski definition) is 10. The standard InChI is InChI=1S/C19H25N3O9S/c1-11(23)29-13-8-16(18(24)25)31-17(9-13)30-15-4-3-12(7-14(15)22(26)27)10-28-19(32)21-6-5-20-2/h3-4,7,13,16-17,20H,5-6,8-10H2,1-2H3,(H,21,32)(H,24,25)/p+1/t13-,16-,17+/m0/s1. The number of nitro benzene ring substituents is 1. The van der Waals surface area contributed by atoms with Crippen LogP contribution in [-0.4, -0.2) is 65.8 Å². The predicted molar refractivity (Wildman–Crippen MR) is 113 cm³/mol. The number of aliphatic carboxylic acids is 1. The Bertz CT molecular complexity index is 851. The van der Waals surface area contributed by atoms with Gasteiger partial charge >= 0.3 is 22.8 Å². The van der Waals surface area contributed by atoms with E-state index in [2.05, 4.69) is 5.32 Å². The lowest BCUT2D eigenvalue weighted by Crippen LogP contribution is -2.89. The molecule has 0 unspecified atom stereocenters. The number of ether oxygens (including phenoxy) is 4. The van der Waals surface area contributed by atoms with Crippen molar-refractivity contribution in [1.82, 2.24) is 5.32 Å². The van der Waals surface area contributed by atoms with Crippen LogP contribution < -0.4 is 15.4 Å². The summed E-state index contributed by atoms with van der Waals surface area (Å²) in [5.41, 5.74) is 0.153. The van der Waals surface area contributed by atoms with Gasteiger partial charge in [-0.05, 0) is 18.7 Å². The van der Waals surface area contributed by atoms with Crippen molar-refractivity contribution in [3.05, 3.63) is 33.9 Å². The van der Waals surface area contributed by atoms with Crippen LogP contribution in [0.15, 0.2) is 18.2 Å². The number of carbonyl (C=O) groups excluding carboxylic acids is 1. The van der Waals surface area contributed by atoms with E-state index in [0.29, 0.717) is 12.1 Å². The summed E-state index contributed by atoms with van der Waals surface area (Å²) < 4.78 is 21.5. The summed E-state index contributed by atoms with van der Waals surface area (Å²) in [6.07, 6.45) is -3.19. The average molecular weight is 472 g/mol. The Hall–Kier alpha value is -2.87. The van der Waals surface area contributed by atoms with Crippen LogP contribution in [0.1, 0.15) is 25.3 Å². The van der Waals surface area contributed by atoms with E-state index in [1.54, 1.807) is 11.4 Å². The van der Waals surface area contributed by atoms with Gasteiger partial charge < -0.3 is 29.4 Å². The largest absolute Gasteiger partial charge is 0.479 e. The summed E-state index contributed by atoms with van der Waals surface area (Å²) in [6, 6.07) is 4.23. The fourth-order valence-corrected chi connectivity index (χ4v) is 3.17. The van der Waals surface area contributed by atoms with Crippen LogP contribution in [0.4, 0.5) is 5.69 Å². The first-order valence-corrected chi connectivity index (χ1v) is 10.2. The molecule has 0 amide bonds. The highest BCUT2D eigenvalue weighted by Gasteiger charge is 2.37. The molecule has 2 rings (SSSR count). The van der Waals surface area contributed by atoms with Gasteiger partial charge in [0.05, 0.1) is 11.5 Å². The Labute approximate surface area is 189 Å². The first-order chi connectivity index (χ1) is 15.2. The third kappa shape index (κ3) is 8.00. The lowest BCUT2D eigenvalue weighted by atomic mass is 10.0. The number of hydrogen-bond donors (Lipinski definition) is 3. The first kappa shape index (κ1) is 25.4. The molecular formula is C19H26N3O9S+. The SMILES string of the molecule is CNCC[NH2+]C(=S)OCc1ccc(O[C@H]2C[C@@H](OC(C)=O)C[C@@H](C(=O)O)O2)c([N+](=O)[O-])c1. The molecule has 12 nitrogen and oxygen atoms in total. The highest BCUT2D eigenvalue weighted by molar-refractivity contribution is 7.79. The van der Waals surface area contributed by atoms with Crippen LogP contribution in [-0.2, 0) is 30.4 Å². The maximum absolute atomic E-state index is 11.6. The summed E-state index contributed by atoms with van der Waals surface area (Å²) in [5.74, 6) is -1.93. The number of nitro groups is 1. The van der Waals surface area contributed by atoms with Crippen molar-refractivity contribution in [1.29, 1.82) is 0 Å². The molecule has 1 heterocycles. The van der Waals surface area contributed by atoms with Crippen LogP contribution >= 0.6 is 12.2 Å². The molecule has 32 heavy (non-hydrogen) atoms. The third-order valence-electron chi connectivity index (χ3n) is 4.42. The van der Waals surface area contributed by atoms with E-state index in [9.17, 15) is 24.8 Å². The molecule has 4 N–H and O–H groups in total. The molecule has 3 atom stereocenters. The predicted octanol–water partition coefficient (Wildman–Crippen LogP) is 0.0793. The Kier molecular flexibility index (Phi) is 9.71. The van der Waals surface area contributed by atoms with E-state index >= 15 is 0 Å². The molecule has 0 saturated carbocycles. The molecule has 1 fully saturated rings. The van der Waals surface area contributed by atoms with Crippen molar-refractivity contribution in [3.63, 3.8) is 0 Å². The molecule has 0 spiro atoms. The van der Waals surface area contributed by atoms with Crippen LogP contribution in [0, 0.1) is 10.1 Å². The van der Waals surface area contributed by atoms with Crippen molar-refractivity contribution in [2.24, 2.45) is 0 Å². The topological polar surface area (TPSA) is 163 Å². The van der Waals surface area contributed by atoms with Gasteiger partial charge in [0.15, 0.2) is 11.9 Å². The first-order valence-electron chi connectivity index (χ1n) is 9.83. The number of quaternary nitrogens is 1. The molecular weight excluding hydrogens is 446 g/mol. The number of esters is 1. The van der Waals surface area contributed by atoms with Crippen LogP contribution in [0.2, 0.25) is 0 Å². The van der Waals surface area contributed by atoms with Crippen LogP contribution in [0.25, 0.3) is 0 Å². The molecule has 0 aromatic heterocycles. The highest BCUT2D eigenvalue weighted by Crippen LogP contribution is 2.32. The van der Waals surface area contributed by atoms with Gasteiger partial charge in [-0.3, -0.25) is 20.2 Å². The quantitative estimate of drug-likeness (QED) is 0.139. The lowest BCUT2D eigenvalue weighted by molar-refractivity contribution is -0.550. The van der Waals surface area contributed by atoms with Gasteiger partial charge in [-0.15, -0.1) is 0 Å². The van der Waals surface area contributed by atoms with Crippen LogP contribution in [0.3, 0.4) is 0 Å². The summed E-state index contributed by atoms with van der Waals surface area (Å²) in [5, 5.41) is 25.8. The zero-order chi connectivity index (χ0) is 23.7. The van der Waals surface area contributed by atoms with E-state index in [1.165, 1.54) is 19.1 Å². The number of nitrogens with zero attached hydrogens (tertiary/aromatic N) is 1. The number of nitrogens with one attached hydrogen (secondary N) is 1. The summed E-state index contributed by atoms with van der Waals surface area (Å²) >= 11 is 5.09. The Balaban J connectivity index is 2.08. The van der Waals surface area contributed by atoms with Gasteiger partial charge in [-0.2, -0.15) is 0 Å². The number of benzene rings is 1. The number of nitrogens with two attached hydrogens (primary N) is 1. The fraction of sp³-hybridized carbons (Fsp3) is 0.526. The minimum atomic E-state index is -1.27. The minimum Gasteiger partial charge on any atom is -0.479 e. The van der Waals surface area contributed by atoms with Crippen molar-refractivity contribution in [3.8, 4) is 5.75 Å². The monoisotopic (exact) mass is 472 g/mol. The smallest absolute Gasteiger partial charge is 0.360 e. The van der Waals surface area contributed by atoms with E-state index in [1.807, 2.05) is 7.05 Å². The summed E-state index contributed by atoms with van der Waals surface area (Å²) in [7, 11) is 1.82. The molecule has 1 aliphatic heterocycles. The molecule has 1 aromatic carbocycles. The van der Waals surface area contributed by atoms with Gasteiger partial charge in [0.1, 0.15) is 12.7 Å². The van der Waals surface area contributed by atoms with Crippen LogP contribution in [0.5, 0.6) is 5.75 Å². The minimum absolute atomic E-state index is 0.0299. The number of rotatable bonds is 10. The van der Waals surface area contributed by atoms with E-state index < -0.39 is 35.4 Å². The average Bonchev–Trinajstić information content (AvgIpc) is 2.72. The zero-order valence-electron chi connectivity index (χ0n) is 17.6. The second kappa shape index (κ2) is 12.2. The van der Waals surface area contributed by atoms with Crippen molar-refractivity contribution >= 4 is 35.0 Å². The molecule has 1 saturated heterocycles. The van der Waals surface area contributed by atoms with E-state index in [-0.39, 0.29) is 36.1 Å². The van der Waals surface area contributed by atoms with Gasteiger partial charge in [0.25, 0.3) is 0 Å². The van der Waals surface area contributed by atoms with Gasteiger partial charge in [-0.25, -0.2) is 4.79 Å². The Morgan fingerprint density at radius 1 is 1.41 bits per heavy atom. The lowest BCUT2D eigenvalue weighted by Gasteiger charge is -2.32. The van der Waals surface area contributed by atoms with E-state index in [4.69, 9.17) is 31.2 Å². The molecule has 0 aliphatic carbocycles. The second-order valence-corrected chi connectivity index (χ2v) is 7.38. The summed E-state index contributed by atoms with van der Waals surface area (Å²) in [4.78, 5) is 33.5. The van der Waals surface area contributed by atoms with Gasteiger partial charge in [0, 0.05) is 44.6 Å². The number of likely N-dealkylation sites (N-methyl/N-ethyl adjacent to an activating group) is 1. The highest BCUT2D eigenvalue weighted by atomic mass is 32.1. The van der Waals surface area contributed by atoms with Crippen molar-refractivity contribution in [2.45, 2.75) is 44.9 Å². The molecule has 176 valence electrons. The molecule has 13 heteroatoms. The number of carboxylic acid groups (broad SMARTS) is 1. The fourth-order valence-electron chi connectivity index (χ4n) is 2.99. The summed E-state index contributed by atoms with van der Waals surface area (Å²) in [6.45, 7) is 2.67.